The quantitative estimate of drug-likeness (QED) is 0.594. The first-order chi connectivity index (χ1) is 10.1. The van der Waals surface area contributed by atoms with Gasteiger partial charge in [0.2, 0.25) is 0 Å². The molecule has 0 radical (unpaired) electrons. The second-order valence-electron chi connectivity index (χ2n) is 10.2. The molecule has 0 heterocycles. The van der Waals surface area contributed by atoms with E-state index in [0.29, 0.717) is 10.8 Å². The number of rotatable bonds is 2. The molecule has 3 atom stereocenters. The summed E-state index contributed by atoms with van der Waals surface area (Å²) in [6.07, 6.45) is 6.78. The first-order valence-electron chi connectivity index (χ1n) is 9.25. The highest BCUT2D eigenvalue weighted by Gasteiger charge is 2.41. The Hall–Kier alpha value is -0.780. The van der Waals surface area contributed by atoms with Crippen LogP contribution in [0.25, 0.3) is 0 Å². The predicted molar refractivity (Wildman–Crippen MR) is 96.3 cm³/mol. The second-order valence-corrected chi connectivity index (χ2v) is 10.2. The molecule has 1 aromatic rings. The van der Waals surface area contributed by atoms with Gasteiger partial charge in [0.1, 0.15) is 0 Å². The van der Waals surface area contributed by atoms with Crippen molar-refractivity contribution in [3.8, 4) is 0 Å². The molecule has 22 heavy (non-hydrogen) atoms. The minimum Gasteiger partial charge on any atom is -0.0602 e. The Balaban J connectivity index is 1.86. The van der Waals surface area contributed by atoms with Crippen molar-refractivity contribution in [1.82, 2.24) is 0 Å². The van der Waals surface area contributed by atoms with Crippen LogP contribution in [0.2, 0.25) is 0 Å². The van der Waals surface area contributed by atoms with Crippen LogP contribution in [-0.2, 0) is 12.8 Å². The Kier molecular flexibility index (Phi) is 3.94. The van der Waals surface area contributed by atoms with Gasteiger partial charge in [-0.1, -0.05) is 59.7 Å². The van der Waals surface area contributed by atoms with Crippen LogP contribution >= 0.6 is 0 Å². The summed E-state index contributed by atoms with van der Waals surface area (Å²) in [7, 11) is 0. The summed E-state index contributed by atoms with van der Waals surface area (Å²) in [5.41, 5.74) is 5.76. The van der Waals surface area contributed by atoms with Crippen LogP contribution in [0.3, 0.4) is 0 Å². The minimum absolute atomic E-state index is 0.440. The Morgan fingerprint density at radius 1 is 0.909 bits per heavy atom. The van der Waals surface area contributed by atoms with E-state index in [1.807, 2.05) is 0 Å². The molecule has 0 heteroatoms. The van der Waals surface area contributed by atoms with E-state index in [1.54, 1.807) is 16.7 Å². The number of fused-ring (bicyclic) bond motifs is 1. The second kappa shape index (κ2) is 5.39. The molecule has 0 aromatic heterocycles. The van der Waals surface area contributed by atoms with E-state index in [4.69, 9.17) is 0 Å². The third-order valence-electron chi connectivity index (χ3n) is 6.12. The van der Waals surface area contributed by atoms with Crippen molar-refractivity contribution in [1.29, 1.82) is 0 Å². The summed E-state index contributed by atoms with van der Waals surface area (Å²) < 4.78 is 0. The summed E-state index contributed by atoms with van der Waals surface area (Å²) in [6.45, 7) is 14.5. The lowest BCUT2D eigenvalue weighted by molar-refractivity contribution is 0.224. The lowest BCUT2D eigenvalue weighted by atomic mass is 9.76. The van der Waals surface area contributed by atoms with Crippen LogP contribution in [0.5, 0.6) is 0 Å². The maximum atomic E-state index is 2.55. The van der Waals surface area contributed by atoms with Gasteiger partial charge in [0.05, 0.1) is 0 Å². The topological polar surface area (TPSA) is 0 Å². The minimum atomic E-state index is 0.440. The zero-order valence-electron chi connectivity index (χ0n) is 15.5. The van der Waals surface area contributed by atoms with Gasteiger partial charge in [-0.2, -0.15) is 0 Å². The zero-order chi connectivity index (χ0) is 16.1. The molecule has 122 valence electrons. The summed E-state index contributed by atoms with van der Waals surface area (Å²) in [6, 6.07) is 7.40. The van der Waals surface area contributed by atoms with Gasteiger partial charge >= 0.3 is 0 Å². The number of benzene rings is 1. The average Bonchev–Trinajstić information content (AvgIpc) is 2.72. The molecule has 1 fully saturated rings. The molecular weight excluding hydrogens is 264 g/mol. The van der Waals surface area contributed by atoms with E-state index in [-0.39, 0.29) is 0 Å². The molecule has 0 N–H and O–H groups in total. The van der Waals surface area contributed by atoms with Crippen LogP contribution in [-0.4, -0.2) is 0 Å². The van der Waals surface area contributed by atoms with E-state index in [2.05, 4.69) is 59.7 Å². The van der Waals surface area contributed by atoms with Crippen LogP contribution in [0.1, 0.15) is 83.4 Å². The highest BCUT2D eigenvalue weighted by molar-refractivity contribution is 5.40. The van der Waals surface area contributed by atoms with Crippen molar-refractivity contribution in [2.45, 2.75) is 79.6 Å². The van der Waals surface area contributed by atoms with E-state index in [9.17, 15) is 0 Å². The van der Waals surface area contributed by atoms with Gasteiger partial charge in [-0.05, 0) is 77.4 Å². The third kappa shape index (κ3) is 3.26. The fourth-order valence-corrected chi connectivity index (χ4v) is 4.70. The summed E-state index contributed by atoms with van der Waals surface area (Å²) in [5.74, 6) is 2.52. The lowest BCUT2D eigenvalue weighted by Crippen LogP contribution is -2.18. The third-order valence-corrected chi connectivity index (χ3v) is 6.12. The molecule has 1 aromatic carbocycles. The van der Waals surface area contributed by atoms with Crippen LogP contribution in [0, 0.1) is 22.7 Å². The Bertz CT molecular complexity index is 538. The molecule has 0 aliphatic heterocycles. The van der Waals surface area contributed by atoms with Gasteiger partial charge in [-0.25, -0.2) is 0 Å². The first kappa shape index (κ1) is 16.1. The van der Waals surface area contributed by atoms with Gasteiger partial charge in [0, 0.05) is 0 Å². The molecular formula is C22H34. The Labute approximate surface area is 137 Å². The largest absolute Gasteiger partial charge is 0.0602 e. The van der Waals surface area contributed by atoms with Crippen LogP contribution < -0.4 is 0 Å². The van der Waals surface area contributed by atoms with E-state index < -0.39 is 0 Å². The molecule has 0 nitrogen and oxygen atoms in total. The number of hydrogen-bond donors (Lipinski definition) is 0. The number of aryl methyl sites for hydroxylation is 2. The fourth-order valence-electron chi connectivity index (χ4n) is 4.70. The molecule has 0 bridgehead atoms. The van der Waals surface area contributed by atoms with Crippen LogP contribution in [0.4, 0.5) is 0 Å². The van der Waals surface area contributed by atoms with Gasteiger partial charge in [-0.3, -0.25) is 0 Å². The number of hydrogen-bond acceptors (Lipinski definition) is 0. The molecule has 1 saturated carbocycles. The van der Waals surface area contributed by atoms with Crippen molar-refractivity contribution in [2.75, 3.05) is 0 Å². The van der Waals surface area contributed by atoms with Gasteiger partial charge in [-0.15, -0.1) is 0 Å². The zero-order valence-corrected chi connectivity index (χ0v) is 15.5. The fraction of sp³-hybridized carbons (Fsp3) is 0.727. The standard InChI is InChI=1S/C22H34/c1-21(2,3)14-18-12-19(22(4,5)6)13-20(18)17-10-8-15-7-9-16(15)11-17/h8,10-11,18-20H,7,9,12-14H2,1-6H3. The highest BCUT2D eigenvalue weighted by atomic mass is 14.5. The molecule has 0 spiro atoms. The van der Waals surface area contributed by atoms with Gasteiger partial charge in [0.15, 0.2) is 0 Å². The average molecular weight is 299 g/mol. The van der Waals surface area contributed by atoms with E-state index >= 15 is 0 Å². The molecule has 0 saturated heterocycles. The maximum absolute atomic E-state index is 2.55. The highest BCUT2D eigenvalue weighted by Crippen LogP contribution is 2.53. The van der Waals surface area contributed by atoms with Crippen molar-refractivity contribution in [3.63, 3.8) is 0 Å². The van der Waals surface area contributed by atoms with Crippen molar-refractivity contribution in [3.05, 3.63) is 34.9 Å². The van der Waals surface area contributed by atoms with Gasteiger partial charge < -0.3 is 0 Å². The van der Waals surface area contributed by atoms with E-state index in [1.165, 1.54) is 32.1 Å². The SMILES string of the molecule is CC(C)(C)CC1CC(C(C)(C)C)CC1c1ccc2c(c1)CC2. The monoisotopic (exact) mass is 298 g/mol. The molecule has 0 amide bonds. The van der Waals surface area contributed by atoms with Gasteiger partial charge in [0.25, 0.3) is 0 Å². The normalized spacial score (nSPS) is 28.4. The molecule has 3 rings (SSSR count). The lowest BCUT2D eigenvalue weighted by Gasteiger charge is -2.29. The Morgan fingerprint density at radius 3 is 2.09 bits per heavy atom. The maximum Gasteiger partial charge on any atom is -0.0130 e. The summed E-state index contributed by atoms with van der Waals surface area (Å²) >= 11 is 0. The molecule has 3 unspecified atom stereocenters. The first-order valence-corrected chi connectivity index (χ1v) is 9.25. The summed E-state index contributed by atoms with van der Waals surface area (Å²) in [4.78, 5) is 0. The molecule has 2 aliphatic carbocycles. The van der Waals surface area contributed by atoms with Crippen molar-refractivity contribution >= 4 is 0 Å². The van der Waals surface area contributed by atoms with Crippen molar-refractivity contribution < 1.29 is 0 Å². The molecule has 2 aliphatic rings. The predicted octanol–water partition coefficient (Wildman–Crippen LogP) is 6.38. The van der Waals surface area contributed by atoms with E-state index in [0.717, 1.165) is 17.8 Å². The van der Waals surface area contributed by atoms with Crippen molar-refractivity contribution in [2.24, 2.45) is 22.7 Å². The Morgan fingerprint density at radius 2 is 1.59 bits per heavy atom. The summed E-state index contributed by atoms with van der Waals surface area (Å²) in [5, 5.41) is 0. The van der Waals surface area contributed by atoms with Crippen LogP contribution in [0.15, 0.2) is 18.2 Å². The smallest absolute Gasteiger partial charge is 0.0130 e.